The molecule has 1 fully saturated rings. The quantitative estimate of drug-likeness (QED) is 0.761. The van der Waals surface area contributed by atoms with Crippen molar-refractivity contribution in [2.24, 2.45) is 0 Å². The normalized spacial score (nSPS) is 20.1. The third-order valence-corrected chi connectivity index (χ3v) is 11.8. The van der Waals surface area contributed by atoms with Crippen LogP contribution in [0.3, 0.4) is 0 Å². The highest BCUT2D eigenvalue weighted by Crippen LogP contribution is 2.36. The maximum absolute atomic E-state index is 14.0. The van der Waals surface area contributed by atoms with Crippen molar-refractivity contribution in [3.05, 3.63) is 24.0 Å². The van der Waals surface area contributed by atoms with E-state index in [4.69, 9.17) is 9.31 Å². The van der Waals surface area contributed by atoms with Crippen molar-refractivity contribution >= 4 is 25.8 Å². The molecule has 1 aliphatic rings. The van der Waals surface area contributed by atoms with E-state index in [-0.39, 0.29) is 17.0 Å². The lowest BCUT2D eigenvalue weighted by Gasteiger charge is -2.32. The molecule has 0 amide bonds. The van der Waals surface area contributed by atoms with E-state index in [1.54, 1.807) is 6.07 Å². The highest BCUT2D eigenvalue weighted by Gasteiger charge is 2.53. The molecule has 2 nitrogen and oxygen atoms in total. The molecule has 0 spiro atoms. The molecule has 2 rings (SSSR count). The maximum Gasteiger partial charge on any atom is 0.494 e. The second-order valence-corrected chi connectivity index (χ2v) is 12.9. The lowest BCUT2D eigenvalue weighted by atomic mass is 9.79. The Kier molecular flexibility index (Phi) is 5.15. The van der Waals surface area contributed by atoms with Gasteiger partial charge < -0.3 is 9.31 Å². The molecule has 0 aliphatic carbocycles. The van der Waals surface area contributed by atoms with Crippen LogP contribution in [0.4, 0.5) is 4.39 Å². The first-order valence-electron chi connectivity index (χ1n) is 8.78. The van der Waals surface area contributed by atoms with E-state index in [2.05, 4.69) is 48.5 Å². The molecule has 5 heteroatoms. The molecule has 0 radical (unpaired) electrons. The second-order valence-electron chi connectivity index (χ2n) is 7.66. The lowest BCUT2D eigenvalue weighted by molar-refractivity contribution is 0.00578. The van der Waals surface area contributed by atoms with Crippen LogP contribution in [0.25, 0.3) is 0 Å². The smallest absolute Gasteiger partial charge is 0.399 e. The molecule has 1 heterocycles. The number of rotatable bonds is 5. The first kappa shape index (κ1) is 18.7. The minimum Gasteiger partial charge on any atom is -0.399 e. The van der Waals surface area contributed by atoms with Crippen molar-refractivity contribution in [3.63, 3.8) is 0 Å². The largest absolute Gasteiger partial charge is 0.494 e. The van der Waals surface area contributed by atoms with Crippen LogP contribution >= 0.6 is 0 Å². The van der Waals surface area contributed by atoms with Crippen molar-refractivity contribution in [2.45, 2.75) is 77.8 Å². The van der Waals surface area contributed by atoms with Crippen molar-refractivity contribution in [1.29, 1.82) is 0 Å². The zero-order chi connectivity index (χ0) is 17.5. The van der Waals surface area contributed by atoms with E-state index in [9.17, 15) is 4.39 Å². The van der Waals surface area contributed by atoms with Gasteiger partial charge in [0, 0.05) is 0 Å². The summed E-state index contributed by atoms with van der Waals surface area (Å²) in [5, 5.41) is 1.17. The zero-order valence-electron chi connectivity index (χ0n) is 15.6. The molecule has 1 saturated heterocycles. The fourth-order valence-corrected chi connectivity index (χ4v) is 7.39. The minimum absolute atomic E-state index is 0.160. The lowest BCUT2D eigenvalue weighted by Crippen LogP contribution is -2.58. The van der Waals surface area contributed by atoms with Crippen LogP contribution in [-0.2, 0) is 9.31 Å². The summed E-state index contributed by atoms with van der Waals surface area (Å²) < 4.78 is 26.5. The van der Waals surface area contributed by atoms with Gasteiger partial charge in [-0.05, 0) is 45.3 Å². The Morgan fingerprint density at radius 1 is 0.957 bits per heavy atom. The Morgan fingerprint density at radius 2 is 1.43 bits per heavy atom. The van der Waals surface area contributed by atoms with Crippen LogP contribution in [0.2, 0.25) is 18.1 Å². The van der Waals surface area contributed by atoms with Gasteiger partial charge in [-0.25, -0.2) is 4.39 Å². The Balaban J connectivity index is 2.53. The second kappa shape index (κ2) is 6.34. The Morgan fingerprint density at radius 3 is 1.87 bits per heavy atom. The van der Waals surface area contributed by atoms with Gasteiger partial charge in [-0.1, -0.05) is 50.2 Å². The first-order chi connectivity index (χ1) is 10.6. The van der Waals surface area contributed by atoms with Gasteiger partial charge in [0.15, 0.2) is 0 Å². The summed E-state index contributed by atoms with van der Waals surface area (Å²) >= 11 is 0. The van der Waals surface area contributed by atoms with E-state index in [1.807, 2.05) is 6.07 Å². The van der Waals surface area contributed by atoms with Crippen molar-refractivity contribution < 1.29 is 13.7 Å². The van der Waals surface area contributed by atoms with Crippen molar-refractivity contribution in [2.75, 3.05) is 0 Å². The Hall–Kier alpha value is -0.648. The van der Waals surface area contributed by atoms with Crippen LogP contribution in [0.1, 0.15) is 48.5 Å². The van der Waals surface area contributed by atoms with Gasteiger partial charge in [-0.15, -0.1) is 0 Å². The summed E-state index contributed by atoms with van der Waals surface area (Å²) in [5.41, 5.74) is 0.276. The minimum atomic E-state index is -1.73. The van der Waals surface area contributed by atoms with Crippen LogP contribution in [0.15, 0.2) is 18.2 Å². The molecule has 0 bridgehead atoms. The number of hydrogen-bond acceptors (Lipinski definition) is 2. The number of halogens is 1. The molecule has 0 aromatic heterocycles. The van der Waals surface area contributed by atoms with Crippen LogP contribution in [0.5, 0.6) is 0 Å². The molecule has 0 unspecified atom stereocenters. The van der Waals surface area contributed by atoms with Crippen molar-refractivity contribution in [1.82, 2.24) is 0 Å². The van der Waals surface area contributed by atoms with Gasteiger partial charge in [0.1, 0.15) is 5.82 Å². The van der Waals surface area contributed by atoms with E-state index >= 15 is 0 Å². The summed E-state index contributed by atoms with van der Waals surface area (Å²) in [6, 6.07) is 8.46. The number of benzene rings is 1. The molecule has 1 aliphatic heterocycles. The van der Waals surface area contributed by atoms with E-state index in [0.29, 0.717) is 0 Å². The van der Waals surface area contributed by atoms with Crippen LogP contribution in [0, 0.1) is 5.82 Å². The molecule has 1 aromatic rings. The first-order valence-corrected chi connectivity index (χ1v) is 11.4. The Labute approximate surface area is 141 Å². The van der Waals surface area contributed by atoms with Gasteiger partial charge in [-0.3, -0.25) is 0 Å². The zero-order valence-corrected chi connectivity index (χ0v) is 16.6. The fourth-order valence-electron chi connectivity index (χ4n) is 3.48. The average Bonchev–Trinajstić information content (AvgIpc) is 2.70. The van der Waals surface area contributed by atoms with Gasteiger partial charge in [0.05, 0.1) is 19.3 Å². The van der Waals surface area contributed by atoms with Gasteiger partial charge >= 0.3 is 7.12 Å². The average molecular weight is 336 g/mol. The standard InChI is InChI=1S/C18H30BFO2Si/c1-8-23(9-2,10-3)16-13-14(20)11-12-15(16)19-21-17(4,5)18(6,7)22-19/h11-13H,8-10H2,1-7H3. The molecule has 0 atom stereocenters. The van der Waals surface area contributed by atoms with Gasteiger partial charge in [0.25, 0.3) is 0 Å². The summed E-state index contributed by atoms with van der Waals surface area (Å²) in [6.07, 6.45) is 0. The molecule has 1 aromatic carbocycles. The summed E-state index contributed by atoms with van der Waals surface area (Å²) in [6.45, 7) is 14.9. The highest BCUT2D eigenvalue weighted by molar-refractivity contribution is 6.95. The summed E-state index contributed by atoms with van der Waals surface area (Å²) in [4.78, 5) is 0. The van der Waals surface area contributed by atoms with E-state index in [1.165, 1.54) is 11.3 Å². The van der Waals surface area contributed by atoms with Gasteiger partial charge in [0.2, 0.25) is 0 Å². The van der Waals surface area contributed by atoms with Crippen LogP contribution < -0.4 is 10.6 Å². The SMILES string of the molecule is CC[Si](CC)(CC)c1cc(F)ccc1B1OC(C)(C)C(C)(C)O1. The predicted molar refractivity (Wildman–Crippen MR) is 98.9 cm³/mol. The fraction of sp³-hybridized carbons (Fsp3) is 0.667. The monoisotopic (exact) mass is 336 g/mol. The van der Waals surface area contributed by atoms with Crippen molar-refractivity contribution in [3.8, 4) is 0 Å². The van der Waals surface area contributed by atoms with E-state index in [0.717, 1.165) is 23.6 Å². The molecular weight excluding hydrogens is 306 g/mol. The summed E-state index contributed by atoms with van der Waals surface area (Å²) in [7, 11) is -2.14. The van der Waals surface area contributed by atoms with Crippen LogP contribution in [-0.4, -0.2) is 26.4 Å². The predicted octanol–water partition coefficient (Wildman–Crippen LogP) is 3.84. The number of hydrogen-bond donors (Lipinski definition) is 0. The molecule has 0 N–H and O–H groups in total. The molecule has 0 saturated carbocycles. The maximum atomic E-state index is 14.0. The van der Waals surface area contributed by atoms with Gasteiger partial charge in [-0.2, -0.15) is 0 Å². The molecule has 128 valence electrons. The van der Waals surface area contributed by atoms with E-state index < -0.39 is 15.2 Å². The molecular formula is C18H30BFO2Si. The summed E-state index contributed by atoms with van der Waals surface area (Å²) in [5.74, 6) is -0.160. The topological polar surface area (TPSA) is 18.5 Å². The Bertz CT molecular complexity index is 546. The molecule has 23 heavy (non-hydrogen) atoms. The third-order valence-electron chi connectivity index (χ3n) is 6.12. The highest BCUT2D eigenvalue weighted by atomic mass is 28.3. The third kappa shape index (κ3) is 3.15.